The maximum absolute atomic E-state index is 11.8. The van der Waals surface area contributed by atoms with Crippen LogP contribution in [-0.4, -0.2) is 35.6 Å². The molecule has 3 N–H and O–H groups in total. The van der Waals surface area contributed by atoms with Crippen molar-refractivity contribution in [2.24, 2.45) is 5.73 Å². The topological polar surface area (TPSA) is 64.3 Å². The van der Waals surface area contributed by atoms with Gasteiger partial charge in [0.05, 0.1) is 5.56 Å². The second-order valence-corrected chi connectivity index (χ2v) is 5.63. The van der Waals surface area contributed by atoms with Gasteiger partial charge in [0, 0.05) is 11.8 Å². The molecule has 6 heteroatoms. The third kappa shape index (κ3) is 5.38. The van der Waals surface area contributed by atoms with Crippen molar-refractivity contribution in [3.05, 3.63) is 29.8 Å². The molecule has 4 nitrogen and oxygen atoms in total. The molecule has 1 rings (SSSR count). The highest BCUT2D eigenvalue weighted by atomic mass is 32.2. The lowest BCUT2D eigenvalue weighted by molar-refractivity contribution is -0.123. The van der Waals surface area contributed by atoms with Crippen molar-refractivity contribution in [1.29, 1.82) is 0 Å². The Balaban J connectivity index is 2.55. The minimum atomic E-state index is -0.136. The number of carbonyl (C=O) groups is 1. The van der Waals surface area contributed by atoms with Crippen LogP contribution in [0.25, 0.3) is 0 Å². The molecule has 1 atom stereocenters. The maximum Gasteiger partial charge on any atom is 0.258 e. The Kier molecular flexibility index (Phi) is 7.40. The van der Waals surface area contributed by atoms with Crippen molar-refractivity contribution in [3.8, 4) is 5.75 Å². The number of ether oxygens (including phenoxy) is 1. The molecule has 0 bridgehead atoms. The number of thiocarbonyl (C=S) groups is 1. The van der Waals surface area contributed by atoms with E-state index in [4.69, 9.17) is 22.7 Å². The summed E-state index contributed by atoms with van der Waals surface area (Å²) in [5.74, 6) is 1.29. The van der Waals surface area contributed by atoms with Crippen molar-refractivity contribution in [1.82, 2.24) is 5.32 Å². The van der Waals surface area contributed by atoms with Crippen LogP contribution in [0.1, 0.15) is 18.9 Å². The number of thioether (sulfide) groups is 1. The molecule has 1 aromatic carbocycles. The lowest BCUT2D eigenvalue weighted by atomic mass is 10.2. The standard InChI is InChI=1S/C14H20N2O2S2/c1-3-10(9-20-2)16-13(17)8-18-12-7-5-4-6-11(12)14(15)19/h4-7,10H,3,8-9H2,1-2H3,(H2,15,19)(H,16,17). The van der Waals surface area contributed by atoms with Crippen LogP contribution >= 0.6 is 24.0 Å². The highest BCUT2D eigenvalue weighted by Crippen LogP contribution is 2.17. The molecular weight excluding hydrogens is 292 g/mol. The Labute approximate surface area is 129 Å². The minimum Gasteiger partial charge on any atom is -0.483 e. The van der Waals surface area contributed by atoms with E-state index in [0.717, 1.165) is 12.2 Å². The molecule has 0 aliphatic carbocycles. The number of hydrogen-bond acceptors (Lipinski definition) is 4. The molecule has 1 aromatic rings. The second-order valence-electron chi connectivity index (χ2n) is 4.28. The molecule has 0 aromatic heterocycles. The third-order valence-corrected chi connectivity index (χ3v) is 3.69. The maximum atomic E-state index is 11.8. The first-order valence-electron chi connectivity index (χ1n) is 6.38. The summed E-state index contributed by atoms with van der Waals surface area (Å²) in [6.45, 7) is 2.01. The van der Waals surface area contributed by atoms with Crippen molar-refractivity contribution in [2.75, 3.05) is 18.6 Å². The van der Waals surface area contributed by atoms with E-state index in [1.54, 1.807) is 23.9 Å². The summed E-state index contributed by atoms with van der Waals surface area (Å²) in [4.78, 5) is 12.1. The largest absolute Gasteiger partial charge is 0.483 e. The van der Waals surface area contributed by atoms with Crippen LogP contribution in [0.5, 0.6) is 5.75 Å². The minimum absolute atomic E-state index is 0.0372. The van der Waals surface area contributed by atoms with E-state index >= 15 is 0 Å². The number of nitrogens with two attached hydrogens (primary N) is 1. The van der Waals surface area contributed by atoms with Gasteiger partial charge < -0.3 is 15.8 Å². The van der Waals surface area contributed by atoms with E-state index in [1.807, 2.05) is 25.3 Å². The number of rotatable bonds is 8. The van der Waals surface area contributed by atoms with Gasteiger partial charge in [-0.25, -0.2) is 0 Å². The van der Waals surface area contributed by atoms with Gasteiger partial charge in [0.1, 0.15) is 10.7 Å². The molecule has 0 saturated heterocycles. The fourth-order valence-corrected chi connectivity index (χ4v) is 2.56. The van der Waals surface area contributed by atoms with Crippen molar-refractivity contribution < 1.29 is 9.53 Å². The summed E-state index contributed by atoms with van der Waals surface area (Å²) >= 11 is 6.66. The fourth-order valence-electron chi connectivity index (χ4n) is 1.67. The van der Waals surface area contributed by atoms with E-state index in [2.05, 4.69) is 5.32 Å². The second kappa shape index (κ2) is 8.81. The lowest BCUT2D eigenvalue weighted by Crippen LogP contribution is -2.39. The normalized spacial score (nSPS) is 11.7. The summed E-state index contributed by atoms with van der Waals surface area (Å²) < 4.78 is 5.50. The average Bonchev–Trinajstić information content (AvgIpc) is 2.44. The molecule has 0 heterocycles. The van der Waals surface area contributed by atoms with Gasteiger partial charge in [-0.3, -0.25) is 4.79 Å². The molecule has 1 amide bonds. The molecule has 0 aliphatic rings. The third-order valence-electron chi connectivity index (χ3n) is 2.74. The van der Waals surface area contributed by atoms with Crippen LogP contribution in [0.4, 0.5) is 0 Å². The van der Waals surface area contributed by atoms with Crippen LogP contribution in [-0.2, 0) is 4.79 Å². The van der Waals surface area contributed by atoms with Gasteiger partial charge in [-0.15, -0.1) is 0 Å². The summed E-state index contributed by atoms with van der Waals surface area (Å²) in [5.41, 5.74) is 6.26. The smallest absolute Gasteiger partial charge is 0.258 e. The van der Waals surface area contributed by atoms with E-state index < -0.39 is 0 Å². The van der Waals surface area contributed by atoms with Gasteiger partial charge in [0.25, 0.3) is 5.91 Å². The number of hydrogen-bond donors (Lipinski definition) is 2. The number of nitrogens with one attached hydrogen (secondary N) is 1. The molecule has 0 saturated carbocycles. The van der Waals surface area contributed by atoms with Gasteiger partial charge in [-0.05, 0) is 24.8 Å². The Morgan fingerprint density at radius 1 is 1.50 bits per heavy atom. The first-order chi connectivity index (χ1) is 9.58. The van der Waals surface area contributed by atoms with Crippen LogP contribution in [0, 0.1) is 0 Å². The Bertz CT molecular complexity index is 466. The van der Waals surface area contributed by atoms with Gasteiger partial charge in [0.15, 0.2) is 6.61 Å². The van der Waals surface area contributed by atoms with Crippen LogP contribution in [0.3, 0.4) is 0 Å². The van der Waals surface area contributed by atoms with Crippen LogP contribution in [0.15, 0.2) is 24.3 Å². The number of para-hydroxylation sites is 1. The Hall–Kier alpha value is -1.27. The zero-order chi connectivity index (χ0) is 15.0. The zero-order valence-corrected chi connectivity index (χ0v) is 13.4. The molecule has 1 unspecified atom stereocenters. The van der Waals surface area contributed by atoms with E-state index in [0.29, 0.717) is 11.3 Å². The Morgan fingerprint density at radius 2 is 2.20 bits per heavy atom. The van der Waals surface area contributed by atoms with E-state index in [9.17, 15) is 4.79 Å². The molecule has 20 heavy (non-hydrogen) atoms. The predicted molar refractivity (Wildman–Crippen MR) is 88.4 cm³/mol. The number of amides is 1. The summed E-state index contributed by atoms with van der Waals surface area (Å²) in [5, 5.41) is 2.94. The summed E-state index contributed by atoms with van der Waals surface area (Å²) in [6.07, 6.45) is 2.92. The quantitative estimate of drug-likeness (QED) is 0.718. The summed E-state index contributed by atoms with van der Waals surface area (Å²) in [6, 6.07) is 7.34. The average molecular weight is 312 g/mol. The van der Waals surface area contributed by atoms with E-state index in [1.165, 1.54) is 0 Å². The Morgan fingerprint density at radius 3 is 2.80 bits per heavy atom. The molecule has 0 aliphatic heterocycles. The fraction of sp³-hybridized carbons (Fsp3) is 0.429. The van der Waals surface area contributed by atoms with Crippen LogP contribution < -0.4 is 15.8 Å². The molecule has 0 radical (unpaired) electrons. The number of benzene rings is 1. The SMILES string of the molecule is CCC(CSC)NC(=O)COc1ccccc1C(N)=S. The van der Waals surface area contributed by atoms with Gasteiger partial charge in [0.2, 0.25) is 0 Å². The number of carbonyl (C=O) groups excluding carboxylic acids is 1. The predicted octanol–water partition coefficient (Wildman–Crippen LogP) is 1.96. The van der Waals surface area contributed by atoms with Crippen molar-refractivity contribution >= 4 is 34.9 Å². The molecule has 0 spiro atoms. The van der Waals surface area contributed by atoms with Gasteiger partial charge in [-0.2, -0.15) is 11.8 Å². The highest BCUT2D eigenvalue weighted by Gasteiger charge is 2.12. The first-order valence-corrected chi connectivity index (χ1v) is 8.18. The van der Waals surface area contributed by atoms with E-state index in [-0.39, 0.29) is 23.5 Å². The highest BCUT2D eigenvalue weighted by molar-refractivity contribution is 7.98. The van der Waals surface area contributed by atoms with Gasteiger partial charge in [-0.1, -0.05) is 31.3 Å². The lowest BCUT2D eigenvalue weighted by Gasteiger charge is -2.16. The van der Waals surface area contributed by atoms with Crippen molar-refractivity contribution in [3.63, 3.8) is 0 Å². The molecule has 0 fully saturated rings. The molecule has 110 valence electrons. The van der Waals surface area contributed by atoms with Crippen LogP contribution in [0.2, 0.25) is 0 Å². The molecular formula is C14H20N2O2S2. The zero-order valence-electron chi connectivity index (χ0n) is 11.7. The van der Waals surface area contributed by atoms with Crippen molar-refractivity contribution in [2.45, 2.75) is 19.4 Å². The van der Waals surface area contributed by atoms with Gasteiger partial charge >= 0.3 is 0 Å². The first kappa shape index (κ1) is 16.8. The summed E-state index contributed by atoms with van der Waals surface area (Å²) in [7, 11) is 0. The monoisotopic (exact) mass is 312 g/mol.